The van der Waals surface area contributed by atoms with E-state index in [0.717, 1.165) is 12.8 Å². The molecule has 0 aromatic heterocycles. The molecule has 0 aromatic carbocycles. The average molecular weight is 190 g/mol. The van der Waals surface area contributed by atoms with Gasteiger partial charge in [-0.15, -0.1) is 6.42 Å². The molecule has 1 aliphatic rings. The first-order valence-corrected chi connectivity index (χ1v) is 4.98. The van der Waals surface area contributed by atoms with Gasteiger partial charge in [-0.25, -0.2) is 0 Å². The molecule has 1 nitrogen and oxygen atoms in total. The third-order valence-corrected chi connectivity index (χ3v) is 2.82. The number of hydrogen-bond acceptors (Lipinski definition) is 1. The molecule has 1 aliphatic carbocycles. The van der Waals surface area contributed by atoms with Crippen molar-refractivity contribution in [2.24, 2.45) is 5.41 Å². The summed E-state index contributed by atoms with van der Waals surface area (Å²) in [4.78, 5) is 0. The summed E-state index contributed by atoms with van der Waals surface area (Å²) in [6, 6.07) is 0. The molecule has 0 saturated heterocycles. The molecule has 1 rings (SSSR count). The van der Waals surface area contributed by atoms with E-state index in [4.69, 9.17) is 6.42 Å². The third kappa shape index (κ3) is 2.27. The fourth-order valence-corrected chi connectivity index (χ4v) is 2.31. The summed E-state index contributed by atoms with van der Waals surface area (Å²) in [5, 5.41) is 9.66. The summed E-state index contributed by atoms with van der Waals surface area (Å²) >= 11 is 0. The number of allylic oxidation sites excluding steroid dienone is 3. The van der Waals surface area contributed by atoms with Crippen LogP contribution in [0.25, 0.3) is 0 Å². The van der Waals surface area contributed by atoms with E-state index in [1.165, 1.54) is 11.1 Å². The van der Waals surface area contributed by atoms with Crippen LogP contribution in [0.15, 0.2) is 23.3 Å². The zero-order chi connectivity index (χ0) is 10.8. The Labute approximate surface area is 86.5 Å². The van der Waals surface area contributed by atoms with E-state index in [9.17, 15) is 5.11 Å². The molecule has 14 heavy (non-hydrogen) atoms. The maximum absolute atomic E-state index is 9.66. The molecule has 0 bridgehead atoms. The summed E-state index contributed by atoms with van der Waals surface area (Å²) in [5.74, 6) is 2.51. The Hall–Kier alpha value is -1.00. The molecular formula is C13H18O. The Morgan fingerprint density at radius 3 is 2.71 bits per heavy atom. The van der Waals surface area contributed by atoms with Crippen LogP contribution < -0.4 is 0 Å². The molecule has 0 aromatic rings. The minimum atomic E-state index is -0.201. The summed E-state index contributed by atoms with van der Waals surface area (Å²) in [6.45, 7) is 6.37. The van der Waals surface area contributed by atoms with Gasteiger partial charge in [0.25, 0.3) is 0 Å². The van der Waals surface area contributed by atoms with E-state index in [1.54, 1.807) is 6.08 Å². The van der Waals surface area contributed by atoms with Crippen LogP contribution in [-0.2, 0) is 0 Å². The van der Waals surface area contributed by atoms with Crippen molar-refractivity contribution in [2.45, 2.75) is 39.7 Å². The van der Waals surface area contributed by atoms with Crippen molar-refractivity contribution in [2.75, 3.05) is 0 Å². The Morgan fingerprint density at radius 2 is 2.21 bits per heavy atom. The number of terminal acetylenes is 1. The Kier molecular flexibility index (Phi) is 3.18. The molecule has 1 N–H and O–H groups in total. The van der Waals surface area contributed by atoms with E-state index in [1.807, 2.05) is 6.08 Å². The highest BCUT2D eigenvalue weighted by Gasteiger charge is 2.31. The summed E-state index contributed by atoms with van der Waals surface area (Å²) in [5.41, 5.74) is 2.57. The standard InChI is InChI=1S/C13H18O/c1-5-6-7-12-10(2)8-11(14)9-13(12,3)4/h1,6-7,11,14H,8-9H2,2-4H3/b7-6+. The third-order valence-electron chi connectivity index (χ3n) is 2.82. The van der Waals surface area contributed by atoms with E-state index in [2.05, 4.69) is 26.7 Å². The van der Waals surface area contributed by atoms with Gasteiger partial charge >= 0.3 is 0 Å². The highest BCUT2D eigenvalue weighted by Crippen LogP contribution is 2.40. The highest BCUT2D eigenvalue weighted by molar-refractivity contribution is 5.35. The normalized spacial score (nSPS) is 26.6. The quantitative estimate of drug-likeness (QED) is 0.630. The van der Waals surface area contributed by atoms with Crippen molar-refractivity contribution in [3.05, 3.63) is 23.3 Å². The average Bonchev–Trinajstić information content (AvgIpc) is 2.00. The second-order valence-corrected chi connectivity index (χ2v) is 4.64. The molecule has 0 fully saturated rings. The molecule has 0 amide bonds. The van der Waals surface area contributed by atoms with Gasteiger partial charge in [0.15, 0.2) is 0 Å². The molecule has 0 aliphatic heterocycles. The smallest absolute Gasteiger partial charge is 0.0585 e. The first-order valence-electron chi connectivity index (χ1n) is 4.98. The predicted octanol–water partition coefficient (Wildman–Crippen LogP) is 2.67. The van der Waals surface area contributed by atoms with Crippen molar-refractivity contribution in [1.29, 1.82) is 0 Å². The molecule has 1 heteroatoms. The fourth-order valence-electron chi connectivity index (χ4n) is 2.31. The topological polar surface area (TPSA) is 20.2 Å². The molecule has 0 heterocycles. The molecular weight excluding hydrogens is 172 g/mol. The highest BCUT2D eigenvalue weighted by atomic mass is 16.3. The fraction of sp³-hybridized carbons (Fsp3) is 0.538. The van der Waals surface area contributed by atoms with Crippen LogP contribution in [0.5, 0.6) is 0 Å². The lowest BCUT2D eigenvalue weighted by Gasteiger charge is -2.35. The van der Waals surface area contributed by atoms with E-state index >= 15 is 0 Å². The van der Waals surface area contributed by atoms with Gasteiger partial charge in [0.05, 0.1) is 6.10 Å². The van der Waals surface area contributed by atoms with Crippen molar-refractivity contribution in [1.82, 2.24) is 0 Å². The van der Waals surface area contributed by atoms with Crippen LogP contribution in [-0.4, -0.2) is 11.2 Å². The van der Waals surface area contributed by atoms with Gasteiger partial charge in [0.2, 0.25) is 0 Å². The minimum absolute atomic E-state index is 0.0368. The Morgan fingerprint density at radius 1 is 1.57 bits per heavy atom. The van der Waals surface area contributed by atoms with Crippen LogP contribution in [0.1, 0.15) is 33.6 Å². The SMILES string of the molecule is C#C/C=C/C1=C(C)CC(O)CC1(C)C. The van der Waals surface area contributed by atoms with Gasteiger partial charge in [-0.3, -0.25) is 0 Å². The molecule has 0 saturated carbocycles. The van der Waals surface area contributed by atoms with Gasteiger partial charge < -0.3 is 5.11 Å². The van der Waals surface area contributed by atoms with Gasteiger partial charge in [0.1, 0.15) is 0 Å². The van der Waals surface area contributed by atoms with Crippen molar-refractivity contribution in [3.8, 4) is 12.3 Å². The summed E-state index contributed by atoms with van der Waals surface area (Å²) in [7, 11) is 0. The summed E-state index contributed by atoms with van der Waals surface area (Å²) < 4.78 is 0. The lowest BCUT2D eigenvalue weighted by Crippen LogP contribution is -2.28. The number of rotatable bonds is 1. The zero-order valence-corrected chi connectivity index (χ0v) is 9.17. The van der Waals surface area contributed by atoms with Gasteiger partial charge in [-0.1, -0.05) is 31.4 Å². The first-order chi connectivity index (χ1) is 6.47. The second kappa shape index (κ2) is 4.02. The molecule has 0 spiro atoms. The van der Waals surface area contributed by atoms with E-state index in [-0.39, 0.29) is 11.5 Å². The van der Waals surface area contributed by atoms with Crippen molar-refractivity contribution in [3.63, 3.8) is 0 Å². The Balaban J connectivity index is 3.04. The molecule has 1 unspecified atom stereocenters. The summed E-state index contributed by atoms with van der Waals surface area (Å²) in [6.07, 6.45) is 10.3. The monoisotopic (exact) mass is 190 g/mol. The van der Waals surface area contributed by atoms with Crippen molar-refractivity contribution < 1.29 is 5.11 Å². The largest absolute Gasteiger partial charge is 0.393 e. The predicted molar refractivity (Wildman–Crippen MR) is 59.7 cm³/mol. The Bertz CT molecular complexity index is 313. The second-order valence-electron chi connectivity index (χ2n) is 4.64. The van der Waals surface area contributed by atoms with Gasteiger partial charge in [0, 0.05) is 0 Å². The molecule has 0 radical (unpaired) electrons. The number of aliphatic hydroxyl groups is 1. The molecule has 76 valence electrons. The maximum atomic E-state index is 9.66. The van der Waals surface area contributed by atoms with E-state index < -0.39 is 0 Å². The van der Waals surface area contributed by atoms with Crippen LogP contribution >= 0.6 is 0 Å². The molecule has 1 atom stereocenters. The van der Waals surface area contributed by atoms with Crippen molar-refractivity contribution >= 4 is 0 Å². The lowest BCUT2D eigenvalue weighted by molar-refractivity contribution is 0.116. The number of hydrogen-bond donors (Lipinski definition) is 1. The van der Waals surface area contributed by atoms with Crippen LogP contribution in [0.2, 0.25) is 0 Å². The van der Waals surface area contributed by atoms with Crippen LogP contribution in [0.4, 0.5) is 0 Å². The van der Waals surface area contributed by atoms with Gasteiger partial charge in [-0.05, 0) is 36.8 Å². The first kappa shape index (κ1) is 11.1. The van der Waals surface area contributed by atoms with Gasteiger partial charge in [-0.2, -0.15) is 0 Å². The van der Waals surface area contributed by atoms with Crippen LogP contribution in [0.3, 0.4) is 0 Å². The van der Waals surface area contributed by atoms with Crippen LogP contribution in [0, 0.1) is 17.8 Å². The number of aliphatic hydroxyl groups excluding tert-OH is 1. The maximum Gasteiger partial charge on any atom is 0.0585 e. The lowest BCUT2D eigenvalue weighted by atomic mass is 9.71. The zero-order valence-electron chi connectivity index (χ0n) is 9.17. The van der Waals surface area contributed by atoms with E-state index in [0.29, 0.717) is 0 Å². The minimum Gasteiger partial charge on any atom is -0.393 e.